The minimum atomic E-state index is 0.249. The maximum atomic E-state index is 6.07. The fraction of sp³-hybridized carbons (Fsp3) is 0.267. The molecule has 112 valence electrons. The van der Waals surface area contributed by atoms with E-state index in [1.807, 2.05) is 44.2 Å². The predicted molar refractivity (Wildman–Crippen MR) is 85.8 cm³/mol. The number of hydrogen-bond donors (Lipinski definition) is 2. The van der Waals surface area contributed by atoms with Gasteiger partial charge in [0, 0.05) is 10.6 Å². The topological polar surface area (TPSA) is 76.9 Å². The van der Waals surface area contributed by atoms with E-state index in [2.05, 4.69) is 4.99 Å². The molecule has 2 rings (SSSR count). The summed E-state index contributed by atoms with van der Waals surface area (Å²) in [7, 11) is 0. The Hall–Kier alpha value is -1.98. The van der Waals surface area contributed by atoms with Gasteiger partial charge in [-0.3, -0.25) is 0 Å². The van der Waals surface area contributed by atoms with Crippen molar-refractivity contribution in [3.63, 3.8) is 0 Å². The highest BCUT2D eigenvalue weighted by atomic mass is 35.5. The van der Waals surface area contributed by atoms with Gasteiger partial charge in [-0.2, -0.15) is 0 Å². The number of ether oxygens (including phenoxy) is 1. The van der Waals surface area contributed by atoms with Crippen molar-refractivity contribution in [3.8, 4) is 5.75 Å². The molecule has 6 heteroatoms. The van der Waals surface area contributed by atoms with E-state index in [0.717, 1.165) is 23.4 Å². The lowest BCUT2D eigenvalue weighted by Gasteiger charge is -2.23. The summed E-state index contributed by atoms with van der Waals surface area (Å²) in [5.74, 6) is 6.81. The highest BCUT2D eigenvalue weighted by molar-refractivity contribution is 6.31. The third-order valence-electron chi connectivity index (χ3n) is 3.10. The number of hydrazine groups is 1. The Balaban J connectivity index is 2.14. The van der Waals surface area contributed by atoms with Gasteiger partial charge in [0.2, 0.25) is 5.96 Å². The smallest absolute Gasteiger partial charge is 0.215 e. The third-order valence-corrected chi connectivity index (χ3v) is 3.51. The molecule has 0 bridgehead atoms. The average molecular weight is 307 g/mol. The lowest BCUT2D eigenvalue weighted by molar-refractivity contribution is 0.346. The van der Waals surface area contributed by atoms with Crippen molar-refractivity contribution in [2.75, 3.05) is 6.61 Å². The molecule has 0 spiro atoms. The number of aliphatic imine (C=N–C) groups is 1. The number of rotatable bonds is 4. The van der Waals surface area contributed by atoms with Gasteiger partial charge in [0.1, 0.15) is 12.4 Å². The molecule has 1 heterocycles. The van der Waals surface area contributed by atoms with Crippen LogP contribution in [0.4, 0.5) is 0 Å². The van der Waals surface area contributed by atoms with Crippen LogP contribution in [-0.4, -0.2) is 17.6 Å². The fourth-order valence-corrected chi connectivity index (χ4v) is 2.11. The molecule has 1 aromatic rings. The molecule has 5 nitrogen and oxygen atoms in total. The van der Waals surface area contributed by atoms with Gasteiger partial charge in [-0.15, -0.1) is 0 Å². The molecule has 0 unspecified atom stereocenters. The van der Waals surface area contributed by atoms with Crippen LogP contribution in [0, 0.1) is 6.92 Å². The van der Waals surface area contributed by atoms with Crippen molar-refractivity contribution in [2.24, 2.45) is 16.6 Å². The van der Waals surface area contributed by atoms with Crippen LogP contribution in [0.25, 0.3) is 0 Å². The highest BCUT2D eigenvalue weighted by Gasteiger charge is 2.15. The molecule has 0 aliphatic carbocycles. The summed E-state index contributed by atoms with van der Waals surface area (Å²) in [4.78, 5) is 4.22. The Bertz CT molecular complexity index is 622. The second kappa shape index (κ2) is 6.65. The highest BCUT2D eigenvalue weighted by Crippen LogP contribution is 2.26. The number of nitrogens with zero attached hydrogens (tertiary/aromatic N) is 2. The second-order valence-electron chi connectivity index (χ2n) is 4.66. The summed E-state index contributed by atoms with van der Waals surface area (Å²) in [6.07, 6.45) is 4.69. The summed E-state index contributed by atoms with van der Waals surface area (Å²) in [6.45, 7) is 4.24. The van der Waals surface area contributed by atoms with Crippen molar-refractivity contribution in [1.82, 2.24) is 5.01 Å². The quantitative estimate of drug-likeness (QED) is 0.839. The minimum Gasteiger partial charge on any atom is -0.487 e. The molecular weight excluding hydrogens is 288 g/mol. The van der Waals surface area contributed by atoms with Gasteiger partial charge in [-0.1, -0.05) is 30.7 Å². The van der Waals surface area contributed by atoms with Gasteiger partial charge in [-0.25, -0.2) is 15.8 Å². The lowest BCUT2D eigenvalue weighted by atomic mass is 10.2. The van der Waals surface area contributed by atoms with Crippen LogP contribution in [0.15, 0.2) is 46.7 Å². The molecule has 0 saturated carbocycles. The summed E-state index contributed by atoms with van der Waals surface area (Å²) in [5.41, 5.74) is 8.23. The van der Waals surface area contributed by atoms with E-state index < -0.39 is 0 Å². The van der Waals surface area contributed by atoms with E-state index in [4.69, 9.17) is 27.9 Å². The summed E-state index contributed by atoms with van der Waals surface area (Å²) >= 11 is 6.07. The number of guanidine groups is 1. The molecule has 0 atom stereocenters. The van der Waals surface area contributed by atoms with Gasteiger partial charge in [0.15, 0.2) is 0 Å². The molecule has 0 fully saturated rings. The number of hydrogen-bond acceptors (Lipinski definition) is 5. The SMILES string of the molecule is CC/C=C1\C=C(COc2cccc(Cl)c2C)N=C(N)N1N. The normalized spacial score (nSPS) is 16.8. The third kappa shape index (κ3) is 3.56. The number of halogens is 1. The summed E-state index contributed by atoms with van der Waals surface area (Å²) in [6, 6.07) is 5.55. The van der Waals surface area contributed by atoms with Crippen LogP contribution in [0.2, 0.25) is 5.02 Å². The first-order valence-corrected chi connectivity index (χ1v) is 7.08. The molecule has 0 saturated heterocycles. The van der Waals surface area contributed by atoms with Crippen LogP contribution < -0.4 is 16.3 Å². The summed E-state index contributed by atoms with van der Waals surface area (Å²) in [5, 5.41) is 2.03. The van der Waals surface area contributed by atoms with Gasteiger partial charge in [0.25, 0.3) is 0 Å². The molecule has 1 aliphatic heterocycles. The van der Waals surface area contributed by atoms with Gasteiger partial charge in [0.05, 0.1) is 11.4 Å². The molecule has 0 amide bonds. The van der Waals surface area contributed by atoms with Crippen molar-refractivity contribution in [2.45, 2.75) is 20.3 Å². The Morgan fingerprint density at radius 3 is 2.90 bits per heavy atom. The van der Waals surface area contributed by atoms with E-state index in [1.54, 1.807) is 0 Å². The van der Waals surface area contributed by atoms with Gasteiger partial charge >= 0.3 is 0 Å². The zero-order valence-electron chi connectivity index (χ0n) is 12.1. The molecule has 0 radical (unpaired) electrons. The van der Waals surface area contributed by atoms with Crippen LogP contribution in [0.3, 0.4) is 0 Å². The van der Waals surface area contributed by atoms with Crippen molar-refractivity contribution >= 4 is 17.6 Å². The molecule has 1 aliphatic rings. The second-order valence-corrected chi connectivity index (χ2v) is 5.07. The van der Waals surface area contributed by atoms with Gasteiger partial charge < -0.3 is 10.5 Å². The predicted octanol–water partition coefficient (Wildman–Crippen LogP) is 2.71. The molecule has 0 aromatic heterocycles. The van der Waals surface area contributed by atoms with Crippen LogP contribution in [0.1, 0.15) is 18.9 Å². The number of benzene rings is 1. The first kappa shape index (κ1) is 15.4. The van der Waals surface area contributed by atoms with E-state index in [9.17, 15) is 0 Å². The first-order valence-electron chi connectivity index (χ1n) is 6.70. The maximum Gasteiger partial charge on any atom is 0.215 e. The molecule has 1 aromatic carbocycles. The van der Waals surface area contributed by atoms with E-state index in [1.165, 1.54) is 5.01 Å². The minimum absolute atomic E-state index is 0.249. The van der Waals surface area contributed by atoms with Gasteiger partial charge in [-0.05, 0) is 31.6 Å². The standard InChI is InChI=1S/C15H19ClN4O/c1-3-5-12-8-11(19-15(17)20(12)18)9-21-14-7-4-6-13(16)10(14)2/h4-8H,3,9,18H2,1-2H3,(H2,17,19)/b12-5+. The van der Waals surface area contributed by atoms with E-state index >= 15 is 0 Å². The number of allylic oxidation sites excluding steroid dienone is 2. The molecular formula is C15H19ClN4O. The van der Waals surface area contributed by atoms with E-state index in [0.29, 0.717) is 17.3 Å². The lowest BCUT2D eigenvalue weighted by Crippen LogP contribution is -2.43. The van der Waals surface area contributed by atoms with Crippen LogP contribution in [0.5, 0.6) is 5.75 Å². The fourth-order valence-electron chi connectivity index (χ4n) is 1.94. The van der Waals surface area contributed by atoms with Crippen molar-refractivity contribution < 1.29 is 4.74 Å². The van der Waals surface area contributed by atoms with Crippen molar-refractivity contribution in [3.05, 3.63) is 52.3 Å². The Kier molecular flexibility index (Phi) is 4.88. The monoisotopic (exact) mass is 306 g/mol. The zero-order valence-corrected chi connectivity index (χ0v) is 12.9. The maximum absolute atomic E-state index is 6.07. The average Bonchev–Trinajstić information content (AvgIpc) is 2.46. The number of nitrogens with two attached hydrogens (primary N) is 2. The van der Waals surface area contributed by atoms with Crippen LogP contribution >= 0.6 is 11.6 Å². The van der Waals surface area contributed by atoms with Crippen molar-refractivity contribution in [1.29, 1.82) is 0 Å². The molecule has 4 N–H and O–H groups in total. The van der Waals surface area contributed by atoms with Crippen LogP contribution in [-0.2, 0) is 0 Å². The Morgan fingerprint density at radius 2 is 2.19 bits per heavy atom. The van der Waals surface area contributed by atoms with E-state index in [-0.39, 0.29) is 5.96 Å². The largest absolute Gasteiger partial charge is 0.487 e. The summed E-state index contributed by atoms with van der Waals surface area (Å²) < 4.78 is 5.77. The molecule has 21 heavy (non-hydrogen) atoms. The Morgan fingerprint density at radius 1 is 1.43 bits per heavy atom. The first-order chi connectivity index (χ1) is 10.0. The zero-order chi connectivity index (χ0) is 15.4. The Labute approximate surface area is 129 Å².